The molecule has 1 atom stereocenters. The number of sulfonamides is 1. The molecule has 0 radical (unpaired) electrons. The maximum absolute atomic E-state index is 12.6. The number of hydrogen-bond acceptors (Lipinski definition) is 3. The number of nitrogens with two attached hydrogens (primary N) is 1. The first-order valence-electron chi connectivity index (χ1n) is 6.20. The molecule has 6 heteroatoms. The third-order valence-electron chi connectivity index (χ3n) is 3.07. The second kappa shape index (κ2) is 6.16. The van der Waals surface area contributed by atoms with E-state index in [1.807, 2.05) is 6.07 Å². The summed E-state index contributed by atoms with van der Waals surface area (Å²) >= 11 is 0. The molecule has 0 bridgehead atoms. The van der Waals surface area contributed by atoms with Crippen LogP contribution in [-0.2, 0) is 10.0 Å². The first-order valence-corrected chi connectivity index (χ1v) is 7.64. The number of nitrogens with zero attached hydrogens (tertiary/aromatic N) is 1. The summed E-state index contributed by atoms with van der Waals surface area (Å²) < 4.78 is 26.5. The van der Waals surface area contributed by atoms with Gasteiger partial charge in [-0.25, -0.2) is 8.42 Å². The quantitative estimate of drug-likeness (QED) is 0.613. The molecule has 0 spiro atoms. The number of nitrogens with one attached hydrogen (secondary N) is 1. The van der Waals surface area contributed by atoms with Gasteiger partial charge >= 0.3 is 0 Å². The highest BCUT2D eigenvalue weighted by Crippen LogP contribution is 2.20. The minimum Gasteiger partial charge on any atom is -0.387 e. The van der Waals surface area contributed by atoms with Crippen molar-refractivity contribution in [3.8, 4) is 0 Å². The van der Waals surface area contributed by atoms with E-state index in [1.165, 1.54) is 4.31 Å². The van der Waals surface area contributed by atoms with Crippen molar-refractivity contribution in [2.24, 2.45) is 11.7 Å². The summed E-state index contributed by atoms with van der Waals surface area (Å²) in [6.45, 7) is 5.88. The molecule has 0 aromatic heterocycles. The Balaban J connectivity index is 3.10. The van der Waals surface area contributed by atoms with E-state index in [4.69, 9.17) is 11.1 Å². The zero-order valence-corrected chi connectivity index (χ0v) is 12.4. The van der Waals surface area contributed by atoms with Gasteiger partial charge in [-0.15, -0.1) is 0 Å². The van der Waals surface area contributed by atoms with Crippen molar-refractivity contribution >= 4 is 15.9 Å². The summed E-state index contributed by atoms with van der Waals surface area (Å²) in [5, 5.41) is 7.38. The molecule has 0 saturated carbocycles. The average molecular weight is 283 g/mol. The van der Waals surface area contributed by atoms with Crippen LogP contribution in [0.5, 0.6) is 0 Å². The van der Waals surface area contributed by atoms with Crippen LogP contribution in [0, 0.1) is 18.3 Å². The Morgan fingerprint density at radius 2 is 2.00 bits per heavy atom. The van der Waals surface area contributed by atoms with Crippen LogP contribution in [0.15, 0.2) is 29.2 Å². The minimum absolute atomic E-state index is 0.00145. The molecule has 0 aliphatic rings. The normalized spacial score (nSPS) is 13.5. The van der Waals surface area contributed by atoms with Gasteiger partial charge in [0, 0.05) is 19.0 Å². The van der Waals surface area contributed by atoms with E-state index in [2.05, 4.69) is 0 Å². The van der Waals surface area contributed by atoms with Crippen LogP contribution in [-0.4, -0.2) is 31.6 Å². The summed E-state index contributed by atoms with van der Waals surface area (Å²) in [7, 11) is -3.53. The Kier molecular flexibility index (Phi) is 5.08. The molecular formula is C13H21N3O2S. The molecule has 19 heavy (non-hydrogen) atoms. The van der Waals surface area contributed by atoms with E-state index in [0.717, 1.165) is 5.56 Å². The minimum atomic E-state index is -3.53. The fourth-order valence-corrected chi connectivity index (χ4v) is 3.55. The van der Waals surface area contributed by atoms with Crippen molar-refractivity contribution in [3.05, 3.63) is 29.8 Å². The highest BCUT2D eigenvalue weighted by molar-refractivity contribution is 7.89. The van der Waals surface area contributed by atoms with Crippen molar-refractivity contribution in [1.29, 1.82) is 5.41 Å². The lowest BCUT2D eigenvalue weighted by Crippen LogP contribution is -2.38. The molecular weight excluding hydrogens is 262 g/mol. The third-order valence-corrected chi connectivity index (χ3v) is 5.17. The molecule has 1 rings (SSSR count). The molecule has 106 valence electrons. The summed E-state index contributed by atoms with van der Waals surface area (Å²) in [5.74, 6) is -0.294. The van der Waals surface area contributed by atoms with Gasteiger partial charge in [-0.3, -0.25) is 5.41 Å². The highest BCUT2D eigenvalue weighted by Gasteiger charge is 2.26. The predicted octanol–water partition coefficient (Wildman–Crippen LogP) is 1.58. The van der Waals surface area contributed by atoms with Crippen LogP contribution in [0.3, 0.4) is 0 Å². The van der Waals surface area contributed by atoms with E-state index < -0.39 is 10.0 Å². The first kappa shape index (κ1) is 15.7. The molecule has 0 fully saturated rings. The van der Waals surface area contributed by atoms with E-state index in [1.54, 1.807) is 39.0 Å². The van der Waals surface area contributed by atoms with Crippen molar-refractivity contribution in [2.45, 2.75) is 25.7 Å². The highest BCUT2D eigenvalue weighted by atomic mass is 32.2. The number of rotatable bonds is 6. The van der Waals surface area contributed by atoms with Gasteiger partial charge in [0.05, 0.1) is 10.7 Å². The molecule has 1 aromatic rings. The average Bonchev–Trinajstić information content (AvgIpc) is 2.35. The maximum atomic E-state index is 12.6. The number of benzene rings is 1. The molecule has 0 heterocycles. The molecule has 5 nitrogen and oxygen atoms in total. The van der Waals surface area contributed by atoms with Crippen LogP contribution < -0.4 is 5.73 Å². The Morgan fingerprint density at radius 1 is 1.42 bits per heavy atom. The Bertz CT molecular complexity index is 555. The second-order valence-electron chi connectivity index (χ2n) is 4.58. The van der Waals surface area contributed by atoms with Gasteiger partial charge < -0.3 is 5.73 Å². The summed E-state index contributed by atoms with van der Waals surface area (Å²) in [4.78, 5) is 0.313. The van der Waals surface area contributed by atoms with Gasteiger partial charge in [0.15, 0.2) is 0 Å². The lowest BCUT2D eigenvalue weighted by molar-refractivity contribution is 0.403. The summed E-state index contributed by atoms with van der Waals surface area (Å²) in [6.07, 6.45) is 0. The van der Waals surface area contributed by atoms with Crippen LogP contribution in [0.4, 0.5) is 0 Å². The van der Waals surface area contributed by atoms with Crippen molar-refractivity contribution < 1.29 is 8.42 Å². The Hall–Kier alpha value is -1.40. The second-order valence-corrected chi connectivity index (χ2v) is 6.48. The van der Waals surface area contributed by atoms with Crippen molar-refractivity contribution in [1.82, 2.24) is 4.31 Å². The number of hydrogen-bond donors (Lipinski definition) is 2. The van der Waals surface area contributed by atoms with Gasteiger partial charge in [-0.1, -0.05) is 32.0 Å². The largest absolute Gasteiger partial charge is 0.387 e. The monoisotopic (exact) mass is 283 g/mol. The Labute approximate surface area is 115 Å². The first-order chi connectivity index (χ1) is 8.80. The van der Waals surface area contributed by atoms with Crippen molar-refractivity contribution in [2.75, 3.05) is 13.1 Å². The zero-order chi connectivity index (χ0) is 14.6. The fraction of sp³-hybridized carbons (Fsp3) is 0.462. The molecule has 0 amide bonds. The molecule has 0 saturated heterocycles. The molecule has 1 aromatic carbocycles. The topological polar surface area (TPSA) is 87.2 Å². The predicted molar refractivity (Wildman–Crippen MR) is 76.7 cm³/mol. The van der Waals surface area contributed by atoms with Crippen LogP contribution in [0.1, 0.15) is 19.4 Å². The lowest BCUT2D eigenvalue weighted by atomic mass is 10.1. The lowest BCUT2D eigenvalue weighted by Gasteiger charge is -2.24. The molecule has 0 aliphatic carbocycles. The van der Waals surface area contributed by atoms with Gasteiger partial charge in [-0.2, -0.15) is 4.31 Å². The maximum Gasteiger partial charge on any atom is 0.243 e. The SMILES string of the molecule is CCN(CC(C)C(=N)N)S(=O)(=O)c1ccccc1C. The third kappa shape index (κ3) is 3.54. The zero-order valence-electron chi connectivity index (χ0n) is 11.6. The number of aryl methyl sites for hydroxylation is 1. The van der Waals surface area contributed by atoms with E-state index in [0.29, 0.717) is 11.4 Å². The molecule has 3 N–H and O–H groups in total. The fourth-order valence-electron chi connectivity index (χ4n) is 1.79. The standard InChI is InChI=1S/C13H21N3O2S/c1-4-16(9-11(3)13(14)15)19(17,18)12-8-6-5-7-10(12)2/h5-8,11H,4,9H2,1-3H3,(H3,14,15). The van der Waals surface area contributed by atoms with E-state index in [-0.39, 0.29) is 18.3 Å². The Morgan fingerprint density at radius 3 is 2.47 bits per heavy atom. The number of amidine groups is 1. The van der Waals surface area contributed by atoms with Crippen LogP contribution in [0.2, 0.25) is 0 Å². The van der Waals surface area contributed by atoms with Crippen LogP contribution >= 0.6 is 0 Å². The summed E-state index contributed by atoms with van der Waals surface area (Å²) in [6, 6.07) is 6.89. The van der Waals surface area contributed by atoms with Crippen molar-refractivity contribution in [3.63, 3.8) is 0 Å². The van der Waals surface area contributed by atoms with Gasteiger partial charge in [-0.05, 0) is 18.6 Å². The molecule has 1 unspecified atom stereocenters. The molecule has 0 aliphatic heterocycles. The van der Waals surface area contributed by atoms with Crippen LogP contribution in [0.25, 0.3) is 0 Å². The van der Waals surface area contributed by atoms with Gasteiger partial charge in [0.25, 0.3) is 0 Å². The smallest absolute Gasteiger partial charge is 0.243 e. The van der Waals surface area contributed by atoms with Gasteiger partial charge in [0.2, 0.25) is 10.0 Å². The van der Waals surface area contributed by atoms with E-state index in [9.17, 15) is 8.42 Å². The van der Waals surface area contributed by atoms with E-state index >= 15 is 0 Å². The van der Waals surface area contributed by atoms with Gasteiger partial charge in [0.1, 0.15) is 0 Å². The summed E-state index contributed by atoms with van der Waals surface area (Å²) in [5.41, 5.74) is 6.13.